The molecule has 0 spiro atoms. The molecule has 0 saturated heterocycles. The first-order valence-corrected chi connectivity index (χ1v) is 21.4. The van der Waals surface area contributed by atoms with Crippen molar-refractivity contribution in [3.63, 3.8) is 0 Å². The number of fused-ring (bicyclic) bond motifs is 11. The van der Waals surface area contributed by atoms with Crippen LogP contribution in [0.25, 0.3) is 75.8 Å². The molecule has 2 nitrogen and oxygen atoms in total. The summed E-state index contributed by atoms with van der Waals surface area (Å²) in [6.45, 7) is 9.55. The van der Waals surface area contributed by atoms with Gasteiger partial charge in [0.2, 0.25) is 0 Å². The van der Waals surface area contributed by atoms with Crippen LogP contribution in [0.3, 0.4) is 0 Å². The Bertz CT molecular complexity index is 3340. The van der Waals surface area contributed by atoms with Crippen LogP contribution in [0, 0.1) is 0 Å². The third-order valence-corrected chi connectivity index (χ3v) is 14.4. The number of anilines is 3. The first-order chi connectivity index (χ1) is 28.8. The zero-order valence-electron chi connectivity index (χ0n) is 33.5. The Morgan fingerprint density at radius 3 is 1.95 bits per heavy atom. The van der Waals surface area contributed by atoms with E-state index in [1.807, 2.05) is 23.5 Å². The molecule has 0 radical (unpaired) electrons. The van der Waals surface area contributed by atoms with E-state index in [9.17, 15) is 0 Å². The quantitative estimate of drug-likeness (QED) is 0.173. The Morgan fingerprint density at radius 2 is 1.07 bits per heavy atom. The van der Waals surface area contributed by atoms with Gasteiger partial charge in [-0.1, -0.05) is 143 Å². The summed E-state index contributed by atoms with van der Waals surface area (Å²) < 4.78 is 7.52. The molecule has 0 bridgehead atoms. The molecule has 0 aliphatic heterocycles. The molecule has 8 aromatic carbocycles. The topological polar surface area (TPSA) is 16.4 Å². The van der Waals surface area contributed by atoms with Crippen molar-refractivity contribution in [1.82, 2.24) is 0 Å². The minimum atomic E-state index is -0.140. The fourth-order valence-corrected chi connectivity index (χ4v) is 11.8. The van der Waals surface area contributed by atoms with Gasteiger partial charge in [0.1, 0.15) is 11.2 Å². The lowest BCUT2D eigenvalue weighted by Gasteiger charge is -2.29. The first-order valence-electron chi connectivity index (χ1n) is 20.6. The van der Waals surface area contributed by atoms with Crippen LogP contribution >= 0.6 is 11.3 Å². The number of benzene rings is 8. The van der Waals surface area contributed by atoms with E-state index in [1.165, 1.54) is 76.2 Å². The highest BCUT2D eigenvalue weighted by molar-refractivity contribution is 7.22. The second-order valence-corrected chi connectivity index (χ2v) is 18.3. The SMILES string of the molecule is CC1(C)c2ccccc2-c2ccc(N(c3ccc(-c4ccc5oc6ccccc6c5c4)cc3)c3cccc(-c4cccc5c4C(C)(C)c4c-5sc5ccccc45)c3)cc21. The largest absolute Gasteiger partial charge is 0.456 e. The molecule has 3 heteroatoms. The smallest absolute Gasteiger partial charge is 0.135 e. The van der Waals surface area contributed by atoms with Crippen molar-refractivity contribution in [2.75, 3.05) is 4.90 Å². The highest BCUT2D eigenvalue weighted by Crippen LogP contribution is 2.58. The average molecular weight is 776 g/mol. The van der Waals surface area contributed by atoms with Gasteiger partial charge < -0.3 is 9.32 Å². The number of hydrogen-bond donors (Lipinski definition) is 0. The fourth-order valence-electron chi connectivity index (χ4n) is 10.4. The van der Waals surface area contributed by atoms with Crippen molar-refractivity contribution in [2.24, 2.45) is 0 Å². The molecule has 0 atom stereocenters. The summed E-state index contributed by atoms with van der Waals surface area (Å²) in [5.41, 5.74) is 19.5. The number of hydrogen-bond acceptors (Lipinski definition) is 3. The van der Waals surface area contributed by atoms with Crippen molar-refractivity contribution in [1.29, 1.82) is 0 Å². The van der Waals surface area contributed by atoms with Gasteiger partial charge in [-0.05, 0) is 127 Å². The summed E-state index contributed by atoms with van der Waals surface area (Å²) in [6.07, 6.45) is 0. The Hall–Kier alpha value is -6.68. The molecule has 2 aliphatic rings. The first kappa shape index (κ1) is 34.4. The molecule has 0 amide bonds. The Kier molecular flexibility index (Phi) is 7.23. The number of rotatable bonds is 5. The fraction of sp³-hybridized carbons (Fsp3) is 0.107. The minimum absolute atomic E-state index is 0.116. The maximum atomic E-state index is 6.16. The summed E-state index contributed by atoms with van der Waals surface area (Å²) >= 11 is 1.93. The normalized spacial score (nSPS) is 14.4. The monoisotopic (exact) mass is 775 g/mol. The third kappa shape index (κ3) is 4.98. The van der Waals surface area contributed by atoms with Gasteiger partial charge in [0, 0.05) is 48.2 Å². The van der Waals surface area contributed by atoms with Crippen LogP contribution < -0.4 is 4.90 Å². The van der Waals surface area contributed by atoms with Gasteiger partial charge in [-0.2, -0.15) is 0 Å². The maximum absolute atomic E-state index is 6.16. The zero-order valence-corrected chi connectivity index (χ0v) is 34.3. The molecular formula is C56H41NOS. The summed E-state index contributed by atoms with van der Waals surface area (Å²) in [7, 11) is 0. The Balaban J connectivity index is 0.999. The molecule has 0 saturated carbocycles. The number of thiophene rings is 1. The molecule has 59 heavy (non-hydrogen) atoms. The second-order valence-electron chi connectivity index (χ2n) is 17.3. The molecule has 2 heterocycles. The van der Waals surface area contributed by atoms with Gasteiger partial charge in [-0.3, -0.25) is 0 Å². The molecule has 0 unspecified atom stereocenters. The molecule has 12 rings (SSSR count). The van der Waals surface area contributed by atoms with Crippen LogP contribution in [-0.2, 0) is 10.8 Å². The summed E-state index contributed by atoms with van der Waals surface area (Å²) in [5.74, 6) is 0. The number of nitrogens with zero attached hydrogens (tertiary/aromatic N) is 1. The summed E-state index contributed by atoms with van der Waals surface area (Å²) in [4.78, 5) is 3.85. The van der Waals surface area contributed by atoms with Crippen LogP contribution in [-0.4, -0.2) is 0 Å². The van der Waals surface area contributed by atoms with Crippen molar-refractivity contribution < 1.29 is 4.42 Å². The zero-order chi connectivity index (χ0) is 39.6. The average Bonchev–Trinajstić information content (AvgIpc) is 3.97. The molecule has 2 aliphatic carbocycles. The van der Waals surface area contributed by atoms with Gasteiger partial charge in [0.15, 0.2) is 0 Å². The van der Waals surface area contributed by atoms with E-state index in [2.05, 4.69) is 196 Å². The van der Waals surface area contributed by atoms with Crippen LogP contribution in [0.1, 0.15) is 49.9 Å². The van der Waals surface area contributed by atoms with Crippen LogP contribution in [0.15, 0.2) is 180 Å². The lowest BCUT2D eigenvalue weighted by atomic mass is 9.78. The maximum Gasteiger partial charge on any atom is 0.135 e. The van der Waals surface area contributed by atoms with Gasteiger partial charge in [0.05, 0.1) is 0 Å². The minimum Gasteiger partial charge on any atom is -0.456 e. The molecule has 282 valence electrons. The van der Waals surface area contributed by atoms with Crippen molar-refractivity contribution in [3.8, 4) is 43.8 Å². The highest BCUT2D eigenvalue weighted by atomic mass is 32.1. The summed E-state index contributed by atoms with van der Waals surface area (Å²) in [6, 6.07) is 64.9. The predicted octanol–water partition coefficient (Wildman–Crippen LogP) is 16.2. The highest BCUT2D eigenvalue weighted by Gasteiger charge is 2.41. The number of furan rings is 1. The predicted molar refractivity (Wildman–Crippen MR) is 250 cm³/mol. The number of para-hydroxylation sites is 1. The molecular weight excluding hydrogens is 735 g/mol. The van der Waals surface area contributed by atoms with E-state index in [0.717, 1.165) is 39.0 Å². The standard InChI is InChI=1S/C56H41NOS/c1-55(2)47-20-8-5-15-41(47)42-29-28-39(33-48(42)55)57(37-26-23-34(24-27-37)35-25-30-50-46(32-35)43-16-6-9-21-49(43)58-50)38-14-11-13-36(31-38)40-18-12-19-45-52(40)56(3,4)53-44-17-7-10-22-51(44)59-54(45)53/h5-33H,1-4H3. The molecule has 2 aromatic heterocycles. The van der Waals surface area contributed by atoms with E-state index in [0.29, 0.717) is 0 Å². The van der Waals surface area contributed by atoms with Gasteiger partial charge >= 0.3 is 0 Å². The van der Waals surface area contributed by atoms with E-state index in [1.54, 1.807) is 0 Å². The summed E-state index contributed by atoms with van der Waals surface area (Å²) in [5, 5.41) is 3.66. The second kappa shape index (κ2) is 12.4. The van der Waals surface area contributed by atoms with Crippen molar-refractivity contribution in [3.05, 3.63) is 198 Å². The van der Waals surface area contributed by atoms with E-state index < -0.39 is 0 Å². The lowest BCUT2D eigenvalue weighted by Crippen LogP contribution is -2.17. The van der Waals surface area contributed by atoms with Crippen LogP contribution in [0.2, 0.25) is 0 Å². The van der Waals surface area contributed by atoms with E-state index >= 15 is 0 Å². The third-order valence-electron chi connectivity index (χ3n) is 13.2. The Morgan fingerprint density at radius 1 is 0.407 bits per heavy atom. The van der Waals surface area contributed by atoms with Gasteiger partial charge in [-0.25, -0.2) is 0 Å². The van der Waals surface area contributed by atoms with E-state index in [-0.39, 0.29) is 10.8 Å². The van der Waals surface area contributed by atoms with Crippen molar-refractivity contribution in [2.45, 2.75) is 38.5 Å². The van der Waals surface area contributed by atoms with Crippen LogP contribution in [0.5, 0.6) is 0 Å². The molecule has 0 N–H and O–H groups in total. The Labute approximate surface area is 348 Å². The molecule has 0 fully saturated rings. The van der Waals surface area contributed by atoms with Gasteiger partial charge in [-0.15, -0.1) is 11.3 Å². The van der Waals surface area contributed by atoms with E-state index in [4.69, 9.17) is 4.42 Å². The lowest BCUT2D eigenvalue weighted by molar-refractivity contribution is 0.660. The van der Waals surface area contributed by atoms with Crippen LogP contribution in [0.4, 0.5) is 17.1 Å². The van der Waals surface area contributed by atoms with Crippen molar-refractivity contribution >= 4 is 60.4 Å². The molecule has 10 aromatic rings. The van der Waals surface area contributed by atoms with Gasteiger partial charge in [0.25, 0.3) is 0 Å².